The molecule has 2 aromatic heterocycles. The van der Waals surface area contributed by atoms with Crippen LogP contribution in [0.15, 0.2) is 48.8 Å². The molecule has 0 spiro atoms. The van der Waals surface area contributed by atoms with E-state index in [1.807, 2.05) is 30.5 Å². The fraction of sp³-hybridized carbons (Fsp3) is 0.211. The number of nitrogens with one attached hydrogen (secondary N) is 1. The summed E-state index contributed by atoms with van der Waals surface area (Å²) in [5, 5.41) is 2.91. The first kappa shape index (κ1) is 15.4. The molecule has 3 heterocycles. The number of anilines is 1. The third-order valence-corrected chi connectivity index (χ3v) is 4.35. The smallest absolute Gasteiger partial charge is 0.261 e. The summed E-state index contributed by atoms with van der Waals surface area (Å²) in [7, 11) is 1.50. The number of rotatable bonds is 4. The Labute approximate surface area is 145 Å². The molecule has 1 aliphatic rings. The van der Waals surface area contributed by atoms with Crippen LogP contribution in [-0.4, -0.2) is 27.6 Å². The molecule has 0 unspecified atom stereocenters. The van der Waals surface area contributed by atoms with Gasteiger partial charge in [-0.25, -0.2) is 9.97 Å². The third kappa shape index (κ3) is 2.87. The molecule has 1 aliphatic heterocycles. The van der Waals surface area contributed by atoms with Gasteiger partial charge < -0.3 is 14.6 Å². The molecule has 1 N–H and O–H groups in total. The quantitative estimate of drug-likeness (QED) is 0.796. The minimum absolute atomic E-state index is 0.249. The summed E-state index contributed by atoms with van der Waals surface area (Å²) in [5.74, 6) is 1.19. The highest BCUT2D eigenvalue weighted by molar-refractivity contribution is 6.06. The van der Waals surface area contributed by atoms with Gasteiger partial charge in [-0.15, -0.1) is 0 Å². The van der Waals surface area contributed by atoms with Crippen molar-refractivity contribution in [3.63, 3.8) is 0 Å². The lowest BCUT2D eigenvalue weighted by Gasteiger charge is -2.10. The lowest BCUT2D eigenvalue weighted by atomic mass is 10.1. The first-order chi connectivity index (χ1) is 12.3. The number of amides is 1. The highest BCUT2D eigenvalue weighted by Crippen LogP contribution is 2.27. The van der Waals surface area contributed by atoms with Gasteiger partial charge in [-0.3, -0.25) is 4.79 Å². The second-order valence-corrected chi connectivity index (χ2v) is 5.91. The Kier molecular flexibility index (Phi) is 3.93. The van der Waals surface area contributed by atoms with Crippen molar-refractivity contribution in [3.05, 3.63) is 60.2 Å². The van der Waals surface area contributed by atoms with Crippen molar-refractivity contribution < 1.29 is 9.53 Å². The summed E-state index contributed by atoms with van der Waals surface area (Å²) in [6, 6.07) is 11.2. The Bertz CT molecular complexity index is 933. The predicted molar refractivity (Wildman–Crippen MR) is 94.7 cm³/mol. The average molecular weight is 334 g/mol. The molecule has 0 bridgehead atoms. The second kappa shape index (κ2) is 6.39. The van der Waals surface area contributed by atoms with Crippen LogP contribution in [0.3, 0.4) is 0 Å². The van der Waals surface area contributed by atoms with Crippen LogP contribution in [0.25, 0.3) is 11.3 Å². The number of benzene rings is 1. The normalized spacial score (nSPS) is 12.7. The van der Waals surface area contributed by atoms with Crippen LogP contribution in [0.5, 0.6) is 5.88 Å². The van der Waals surface area contributed by atoms with Crippen molar-refractivity contribution in [1.82, 2.24) is 14.5 Å². The summed E-state index contributed by atoms with van der Waals surface area (Å²) < 4.78 is 7.39. The van der Waals surface area contributed by atoms with E-state index in [2.05, 4.69) is 19.9 Å². The Morgan fingerprint density at radius 2 is 2.16 bits per heavy atom. The van der Waals surface area contributed by atoms with Gasteiger partial charge in [0.15, 0.2) is 0 Å². The average Bonchev–Trinajstić information content (AvgIpc) is 3.25. The number of imidazole rings is 1. The first-order valence-electron chi connectivity index (χ1n) is 8.21. The van der Waals surface area contributed by atoms with Crippen molar-refractivity contribution in [2.75, 3.05) is 12.4 Å². The van der Waals surface area contributed by atoms with Crippen molar-refractivity contribution in [3.8, 4) is 17.1 Å². The monoisotopic (exact) mass is 334 g/mol. The SMILES string of the molecule is COc1ncccc1C(=O)Nc1cccc(-c2cnc3n2CCC3)c1. The lowest BCUT2D eigenvalue weighted by molar-refractivity contribution is 0.102. The maximum atomic E-state index is 12.5. The van der Waals surface area contributed by atoms with Crippen LogP contribution in [0, 0.1) is 0 Å². The summed E-state index contributed by atoms with van der Waals surface area (Å²) in [6.45, 7) is 0.994. The summed E-state index contributed by atoms with van der Waals surface area (Å²) in [6.07, 6.45) is 5.65. The number of methoxy groups -OCH3 is 1. The minimum Gasteiger partial charge on any atom is -0.480 e. The van der Waals surface area contributed by atoms with Gasteiger partial charge in [0.25, 0.3) is 5.91 Å². The number of carbonyl (C=O) groups excluding carboxylic acids is 1. The zero-order valence-electron chi connectivity index (χ0n) is 13.9. The summed E-state index contributed by atoms with van der Waals surface area (Å²) >= 11 is 0. The van der Waals surface area contributed by atoms with E-state index in [1.165, 1.54) is 7.11 Å². The Morgan fingerprint density at radius 3 is 3.04 bits per heavy atom. The predicted octanol–water partition coefficient (Wildman–Crippen LogP) is 3.15. The minimum atomic E-state index is -0.249. The highest BCUT2D eigenvalue weighted by Gasteiger charge is 2.17. The van der Waals surface area contributed by atoms with Gasteiger partial charge in [0.1, 0.15) is 11.4 Å². The number of hydrogen-bond acceptors (Lipinski definition) is 4. The molecule has 3 aromatic rings. The molecule has 0 fully saturated rings. The summed E-state index contributed by atoms with van der Waals surface area (Å²) in [4.78, 5) is 21.1. The fourth-order valence-corrected chi connectivity index (χ4v) is 3.17. The summed E-state index contributed by atoms with van der Waals surface area (Å²) in [5.41, 5.74) is 3.25. The number of hydrogen-bond donors (Lipinski definition) is 1. The maximum absolute atomic E-state index is 12.5. The topological polar surface area (TPSA) is 69.0 Å². The molecule has 0 saturated carbocycles. The van der Waals surface area contributed by atoms with Gasteiger partial charge in [0.2, 0.25) is 5.88 Å². The number of nitrogens with zero attached hydrogens (tertiary/aromatic N) is 3. The van der Waals surface area contributed by atoms with E-state index in [9.17, 15) is 4.79 Å². The molecule has 1 aromatic carbocycles. The Hall–Kier alpha value is -3.15. The van der Waals surface area contributed by atoms with Crippen LogP contribution in [0.1, 0.15) is 22.6 Å². The molecule has 6 nitrogen and oxygen atoms in total. The van der Waals surface area contributed by atoms with E-state index in [1.54, 1.807) is 18.3 Å². The molecule has 4 rings (SSSR count). The van der Waals surface area contributed by atoms with Gasteiger partial charge in [-0.2, -0.15) is 0 Å². The standard InChI is InChI=1S/C19H18N4O2/c1-25-19-15(7-3-9-20-19)18(24)22-14-6-2-5-13(11-14)16-12-21-17-8-4-10-23(16)17/h2-3,5-7,9,11-12H,4,8,10H2,1H3,(H,22,24). The maximum Gasteiger partial charge on any atom is 0.261 e. The van der Waals surface area contributed by atoms with Crippen molar-refractivity contribution in [2.45, 2.75) is 19.4 Å². The molecular formula is C19H18N4O2. The van der Waals surface area contributed by atoms with E-state index in [4.69, 9.17) is 4.74 Å². The third-order valence-electron chi connectivity index (χ3n) is 4.35. The van der Waals surface area contributed by atoms with Gasteiger partial charge in [-0.1, -0.05) is 12.1 Å². The van der Waals surface area contributed by atoms with Gasteiger partial charge in [-0.05, 0) is 30.7 Å². The van der Waals surface area contributed by atoms with E-state index in [-0.39, 0.29) is 5.91 Å². The van der Waals surface area contributed by atoms with E-state index in [0.717, 1.165) is 42.2 Å². The number of fused-ring (bicyclic) bond motifs is 1. The molecule has 126 valence electrons. The number of aryl methyl sites for hydroxylation is 1. The molecule has 0 aliphatic carbocycles. The number of aromatic nitrogens is 3. The molecule has 0 saturated heterocycles. The zero-order valence-corrected chi connectivity index (χ0v) is 13.9. The highest BCUT2D eigenvalue weighted by atomic mass is 16.5. The van der Waals surface area contributed by atoms with E-state index < -0.39 is 0 Å². The van der Waals surface area contributed by atoms with E-state index >= 15 is 0 Å². The molecule has 0 atom stereocenters. The lowest BCUT2D eigenvalue weighted by Crippen LogP contribution is -2.13. The number of carbonyl (C=O) groups is 1. The van der Waals surface area contributed by atoms with E-state index in [0.29, 0.717) is 11.4 Å². The molecule has 1 amide bonds. The van der Waals surface area contributed by atoms with Crippen molar-refractivity contribution in [2.24, 2.45) is 0 Å². The molecular weight excluding hydrogens is 316 g/mol. The Balaban J connectivity index is 1.61. The van der Waals surface area contributed by atoms with Crippen LogP contribution in [0.4, 0.5) is 5.69 Å². The molecule has 0 radical (unpaired) electrons. The molecule has 6 heteroatoms. The van der Waals surface area contributed by atoms with Crippen LogP contribution in [0.2, 0.25) is 0 Å². The van der Waals surface area contributed by atoms with Gasteiger partial charge in [0, 0.05) is 30.4 Å². The first-order valence-corrected chi connectivity index (χ1v) is 8.21. The van der Waals surface area contributed by atoms with Crippen molar-refractivity contribution in [1.29, 1.82) is 0 Å². The Morgan fingerprint density at radius 1 is 1.24 bits per heavy atom. The number of pyridine rings is 1. The van der Waals surface area contributed by atoms with Crippen LogP contribution in [-0.2, 0) is 13.0 Å². The van der Waals surface area contributed by atoms with Crippen LogP contribution >= 0.6 is 0 Å². The van der Waals surface area contributed by atoms with Gasteiger partial charge >= 0.3 is 0 Å². The second-order valence-electron chi connectivity index (χ2n) is 5.91. The van der Waals surface area contributed by atoms with Gasteiger partial charge in [0.05, 0.1) is 19.0 Å². The van der Waals surface area contributed by atoms with Crippen molar-refractivity contribution >= 4 is 11.6 Å². The number of ether oxygens (including phenoxy) is 1. The largest absolute Gasteiger partial charge is 0.480 e. The fourth-order valence-electron chi connectivity index (χ4n) is 3.17. The zero-order chi connectivity index (χ0) is 17.2. The molecule has 25 heavy (non-hydrogen) atoms. The van der Waals surface area contributed by atoms with Crippen LogP contribution < -0.4 is 10.1 Å².